The first-order valence-corrected chi connectivity index (χ1v) is 11.3. The van der Waals surface area contributed by atoms with Crippen LogP contribution in [0.3, 0.4) is 0 Å². The number of rotatable bonds is 6. The first-order valence-electron chi connectivity index (χ1n) is 7.61. The highest BCUT2D eigenvalue weighted by Gasteiger charge is 2.36. The van der Waals surface area contributed by atoms with Crippen molar-refractivity contribution >= 4 is 29.8 Å². The second kappa shape index (κ2) is 6.72. The minimum absolute atomic E-state index is 0.256. The first kappa shape index (κ1) is 17.5. The van der Waals surface area contributed by atoms with Gasteiger partial charge in [-0.15, -0.1) is 0 Å². The molecule has 122 valence electrons. The first-order chi connectivity index (χ1) is 10.2. The Hall–Kier alpha value is -0.853. The fraction of sp³-hybridized carbons (Fsp3) is 0.562. The molecule has 22 heavy (non-hydrogen) atoms. The molecule has 2 aromatic rings. The lowest BCUT2D eigenvalue weighted by molar-refractivity contribution is 0.233. The van der Waals surface area contributed by atoms with Crippen LogP contribution in [0.15, 0.2) is 29.0 Å². The maximum atomic E-state index is 6.14. The van der Waals surface area contributed by atoms with E-state index < -0.39 is 8.32 Å². The number of pyridine rings is 1. The van der Waals surface area contributed by atoms with Gasteiger partial charge in [0.15, 0.2) is 8.32 Å². The van der Waals surface area contributed by atoms with Crippen molar-refractivity contribution in [3.63, 3.8) is 0 Å². The van der Waals surface area contributed by atoms with Gasteiger partial charge in [0.05, 0.1) is 18.3 Å². The Morgan fingerprint density at radius 2 is 1.95 bits per heavy atom. The average molecular weight is 385 g/mol. The zero-order valence-electron chi connectivity index (χ0n) is 14.0. The van der Waals surface area contributed by atoms with Crippen molar-refractivity contribution in [2.24, 2.45) is 0 Å². The molecule has 0 saturated heterocycles. The largest absolute Gasteiger partial charge is 0.492 e. The molecule has 2 aromatic heterocycles. The molecule has 0 atom stereocenters. The van der Waals surface area contributed by atoms with E-state index in [1.54, 1.807) is 0 Å². The summed E-state index contributed by atoms with van der Waals surface area (Å²) in [6.45, 7) is 12.7. The summed E-state index contributed by atoms with van der Waals surface area (Å²) in [5.74, 6) is 0.829. The van der Waals surface area contributed by atoms with Crippen LogP contribution in [0.25, 0.3) is 5.52 Å². The van der Waals surface area contributed by atoms with E-state index in [1.807, 2.05) is 28.9 Å². The van der Waals surface area contributed by atoms with Crippen LogP contribution in [0.5, 0.6) is 5.75 Å². The highest BCUT2D eigenvalue weighted by molar-refractivity contribution is 9.10. The lowest BCUT2D eigenvalue weighted by Gasteiger charge is -2.36. The van der Waals surface area contributed by atoms with Gasteiger partial charge in [-0.05, 0) is 52.3 Å². The summed E-state index contributed by atoms with van der Waals surface area (Å²) in [6.07, 6.45) is 2.79. The van der Waals surface area contributed by atoms with Crippen LogP contribution < -0.4 is 4.74 Å². The zero-order chi connectivity index (χ0) is 16.4. The molecule has 0 aliphatic carbocycles. The fourth-order valence-electron chi connectivity index (χ4n) is 1.81. The van der Waals surface area contributed by atoms with Gasteiger partial charge >= 0.3 is 0 Å². The zero-order valence-corrected chi connectivity index (χ0v) is 16.6. The van der Waals surface area contributed by atoms with Crippen molar-refractivity contribution < 1.29 is 9.16 Å². The number of fused-ring (bicyclic) bond motifs is 1. The second-order valence-electron chi connectivity index (χ2n) is 7.01. The van der Waals surface area contributed by atoms with Crippen molar-refractivity contribution in [2.75, 3.05) is 13.2 Å². The average Bonchev–Trinajstić information content (AvgIpc) is 2.76. The van der Waals surface area contributed by atoms with Gasteiger partial charge < -0.3 is 9.16 Å². The molecule has 0 saturated carbocycles. The maximum Gasteiger partial charge on any atom is 0.191 e. The SMILES string of the molecule is CC(C)(C)[Si](C)(C)OCCCOc1ccc2cc(Br)nn2c1. The number of hydrogen-bond acceptors (Lipinski definition) is 3. The molecule has 6 heteroatoms. The lowest BCUT2D eigenvalue weighted by Crippen LogP contribution is -2.41. The molecule has 0 aliphatic heterocycles. The number of ether oxygens (including phenoxy) is 1. The molecular weight excluding hydrogens is 360 g/mol. The van der Waals surface area contributed by atoms with Crippen LogP contribution in [0.4, 0.5) is 0 Å². The van der Waals surface area contributed by atoms with E-state index in [0.29, 0.717) is 6.61 Å². The quantitative estimate of drug-likeness (QED) is 0.525. The van der Waals surface area contributed by atoms with Gasteiger partial charge in [-0.1, -0.05) is 20.8 Å². The highest BCUT2D eigenvalue weighted by Crippen LogP contribution is 2.36. The Labute approximate surface area is 142 Å². The van der Waals surface area contributed by atoms with Crippen molar-refractivity contribution in [1.29, 1.82) is 0 Å². The van der Waals surface area contributed by atoms with Gasteiger partial charge in [-0.3, -0.25) is 0 Å². The standard InChI is InChI=1S/C16H25BrN2O2Si/c1-16(2,3)22(4,5)21-10-6-9-20-14-8-7-13-11-15(17)18-19(13)12-14/h7-8,11-12H,6,9-10H2,1-5H3. The van der Waals surface area contributed by atoms with Gasteiger partial charge in [0.25, 0.3) is 0 Å². The van der Waals surface area contributed by atoms with Gasteiger partial charge in [0.1, 0.15) is 10.4 Å². The van der Waals surface area contributed by atoms with E-state index >= 15 is 0 Å². The lowest BCUT2D eigenvalue weighted by atomic mass is 10.2. The number of nitrogens with zero attached hydrogens (tertiary/aromatic N) is 2. The summed E-state index contributed by atoms with van der Waals surface area (Å²) >= 11 is 3.37. The van der Waals surface area contributed by atoms with Crippen LogP contribution in [-0.2, 0) is 4.43 Å². The summed E-state index contributed by atoms with van der Waals surface area (Å²) in [4.78, 5) is 0. The molecule has 0 bridgehead atoms. The minimum Gasteiger partial charge on any atom is -0.492 e. The van der Waals surface area contributed by atoms with Crippen LogP contribution >= 0.6 is 15.9 Å². The predicted molar refractivity (Wildman–Crippen MR) is 96.2 cm³/mol. The van der Waals surface area contributed by atoms with E-state index in [9.17, 15) is 0 Å². The normalized spacial score (nSPS) is 12.8. The Morgan fingerprint density at radius 3 is 2.64 bits per heavy atom. The topological polar surface area (TPSA) is 35.8 Å². The molecule has 0 radical (unpaired) electrons. The summed E-state index contributed by atoms with van der Waals surface area (Å²) < 4.78 is 14.6. The second-order valence-corrected chi connectivity index (χ2v) is 12.6. The predicted octanol–water partition coefficient (Wildman–Crippen LogP) is 4.89. The smallest absolute Gasteiger partial charge is 0.191 e. The molecule has 0 fully saturated rings. The van der Waals surface area contributed by atoms with Crippen molar-refractivity contribution in [2.45, 2.75) is 45.3 Å². The Bertz CT molecular complexity index is 635. The molecule has 0 unspecified atom stereocenters. The number of hydrogen-bond donors (Lipinski definition) is 0. The van der Waals surface area contributed by atoms with Crippen LogP contribution in [-0.4, -0.2) is 31.1 Å². The third-order valence-corrected chi connectivity index (χ3v) is 9.15. The Kier molecular flexibility index (Phi) is 5.35. The van der Waals surface area contributed by atoms with Gasteiger partial charge in [-0.25, -0.2) is 4.52 Å². The molecule has 2 heterocycles. The number of halogens is 1. The Balaban J connectivity index is 1.78. The molecule has 2 rings (SSSR count). The van der Waals surface area contributed by atoms with Gasteiger partial charge in [-0.2, -0.15) is 5.10 Å². The Morgan fingerprint density at radius 1 is 1.23 bits per heavy atom. The summed E-state index contributed by atoms with van der Waals surface area (Å²) in [7, 11) is -1.64. The highest BCUT2D eigenvalue weighted by atomic mass is 79.9. The van der Waals surface area contributed by atoms with Crippen molar-refractivity contribution in [1.82, 2.24) is 9.61 Å². The maximum absolute atomic E-state index is 6.14. The molecule has 0 aliphatic rings. The van der Waals surface area contributed by atoms with E-state index in [2.05, 4.69) is 54.9 Å². The molecule has 0 N–H and O–H groups in total. The molecule has 0 spiro atoms. The summed E-state index contributed by atoms with van der Waals surface area (Å²) in [6, 6.07) is 5.94. The van der Waals surface area contributed by atoms with E-state index in [4.69, 9.17) is 9.16 Å². The number of aromatic nitrogens is 2. The summed E-state index contributed by atoms with van der Waals surface area (Å²) in [5, 5.41) is 4.57. The van der Waals surface area contributed by atoms with Crippen LogP contribution in [0.1, 0.15) is 27.2 Å². The fourth-order valence-corrected chi connectivity index (χ4v) is 3.31. The minimum atomic E-state index is -1.64. The van der Waals surface area contributed by atoms with E-state index in [0.717, 1.165) is 28.9 Å². The third kappa shape index (κ3) is 4.33. The molecule has 0 amide bonds. The van der Waals surface area contributed by atoms with Gasteiger partial charge in [0, 0.05) is 13.0 Å². The summed E-state index contributed by atoms with van der Waals surface area (Å²) in [5.41, 5.74) is 1.04. The third-order valence-electron chi connectivity index (χ3n) is 4.23. The van der Waals surface area contributed by atoms with Crippen LogP contribution in [0.2, 0.25) is 18.1 Å². The monoisotopic (exact) mass is 384 g/mol. The molecule has 0 aromatic carbocycles. The van der Waals surface area contributed by atoms with Crippen molar-refractivity contribution in [3.8, 4) is 5.75 Å². The molecule has 4 nitrogen and oxygen atoms in total. The van der Waals surface area contributed by atoms with E-state index in [1.165, 1.54) is 0 Å². The van der Waals surface area contributed by atoms with Crippen molar-refractivity contribution in [3.05, 3.63) is 29.0 Å². The van der Waals surface area contributed by atoms with Crippen LogP contribution in [0, 0.1) is 0 Å². The molecular formula is C16H25BrN2O2Si. The van der Waals surface area contributed by atoms with E-state index in [-0.39, 0.29) is 5.04 Å². The van der Waals surface area contributed by atoms with Gasteiger partial charge in [0.2, 0.25) is 0 Å².